The van der Waals surface area contributed by atoms with Gasteiger partial charge in [0.15, 0.2) is 11.6 Å². The molecular weight excluding hydrogens is 334 g/mol. The summed E-state index contributed by atoms with van der Waals surface area (Å²) in [5, 5.41) is 2.75. The molecule has 1 N–H and O–H groups in total. The van der Waals surface area contributed by atoms with Crippen LogP contribution >= 0.6 is 0 Å². The minimum Gasteiger partial charge on any atom is -0.492 e. The molecule has 1 aromatic heterocycles. The summed E-state index contributed by atoms with van der Waals surface area (Å²) < 4.78 is 11.3. The highest BCUT2D eigenvalue weighted by Crippen LogP contribution is 2.36. The van der Waals surface area contributed by atoms with Crippen LogP contribution < -0.4 is 19.7 Å². The molecule has 0 saturated heterocycles. The van der Waals surface area contributed by atoms with Crippen LogP contribution in [0.25, 0.3) is 0 Å². The van der Waals surface area contributed by atoms with Crippen LogP contribution in [0.1, 0.15) is 20.8 Å². The zero-order valence-corrected chi connectivity index (χ0v) is 15.0. The van der Waals surface area contributed by atoms with Crippen LogP contribution in [0.15, 0.2) is 42.6 Å². The van der Waals surface area contributed by atoms with Gasteiger partial charge in [-0.15, -0.1) is 0 Å². The third-order valence-corrected chi connectivity index (χ3v) is 4.16. The number of carbonyl (C=O) groups is 2. The fourth-order valence-electron chi connectivity index (χ4n) is 2.81. The normalized spacial score (nSPS) is 18.7. The molecule has 1 aliphatic heterocycles. The summed E-state index contributed by atoms with van der Waals surface area (Å²) in [6, 6.07) is 10.4. The maximum atomic E-state index is 13.0. The first kappa shape index (κ1) is 17.7. The van der Waals surface area contributed by atoms with Crippen molar-refractivity contribution in [2.75, 3.05) is 23.4 Å². The van der Waals surface area contributed by atoms with E-state index in [1.54, 1.807) is 36.5 Å². The molecule has 0 aliphatic carbocycles. The molecule has 0 spiro atoms. The highest BCUT2D eigenvalue weighted by molar-refractivity contribution is 6.19. The average molecular weight is 355 g/mol. The van der Waals surface area contributed by atoms with Crippen LogP contribution in [0.4, 0.5) is 11.5 Å². The number of aromatic nitrogens is 1. The molecule has 1 aromatic carbocycles. The molecule has 2 heterocycles. The first-order chi connectivity index (χ1) is 12.5. The van der Waals surface area contributed by atoms with Gasteiger partial charge in [0.2, 0.25) is 0 Å². The molecule has 3 rings (SSSR count). The second-order valence-electron chi connectivity index (χ2n) is 5.89. The number of carbonyl (C=O) groups excluding carboxylic acids is 2. The van der Waals surface area contributed by atoms with Crippen molar-refractivity contribution in [1.82, 2.24) is 4.98 Å². The van der Waals surface area contributed by atoms with Crippen LogP contribution in [0.5, 0.6) is 11.5 Å². The molecule has 7 nitrogen and oxygen atoms in total. The van der Waals surface area contributed by atoms with Crippen LogP contribution in [-0.4, -0.2) is 35.6 Å². The molecule has 0 bridgehead atoms. The number of anilines is 2. The average Bonchev–Trinajstić information content (AvgIpc) is 2.64. The predicted molar refractivity (Wildman–Crippen MR) is 97.5 cm³/mol. The summed E-state index contributed by atoms with van der Waals surface area (Å²) in [6.07, 6.45) is 1.58. The van der Waals surface area contributed by atoms with E-state index >= 15 is 0 Å². The lowest BCUT2D eigenvalue weighted by Crippen LogP contribution is -2.60. The number of rotatable bonds is 5. The summed E-state index contributed by atoms with van der Waals surface area (Å²) in [6.45, 7) is 5.99. The standard InChI is InChI=1S/C19H21N3O4/c1-4-22-16-15(11-8-12-20-16)26-19(3,18(22)24)17(23)21-13-9-6-7-10-14(13)25-5-2/h6-12H,4-5H2,1-3H3,(H,21,23)/t19-/m0/s1. The maximum absolute atomic E-state index is 13.0. The highest BCUT2D eigenvalue weighted by atomic mass is 16.5. The van der Waals surface area contributed by atoms with Crippen molar-refractivity contribution in [3.8, 4) is 11.5 Å². The number of ether oxygens (including phenoxy) is 2. The Labute approximate surface area is 151 Å². The predicted octanol–water partition coefficient (Wildman–Crippen LogP) is 2.62. The van der Waals surface area contributed by atoms with E-state index in [0.717, 1.165) is 0 Å². The van der Waals surface area contributed by atoms with E-state index in [9.17, 15) is 9.59 Å². The van der Waals surface area contributed by atoms with Gasteiger partial charge < -0.3 is 14.8 Å². The molecule has 7 heteroatoms. The van der Waals surface area contributed by atoms with Crippen LogP contribution in [0.2, 0.25) is 0 Å². The molecule has 2 aromatic rings. The monoisotopic (exact) mass is 355 g/mol. The van der Waals surface area contributed by atoms with E-state index in [0.29, 0.717) is 36.2 Å². The number of likely N-dealkylation sites (N-methyl/N-ethyl adjacent to an activating group) is 1. The quantitative estimate of drug-likeness (QED) is 0.834. The fourth-order valence-corrected chi connectivity index (χ4v) is 2.81. The van der Waals surface area contributed by atoms with Gasteiger partial charge in [0.25, 0.3) is 17.4 Å². The highest BCUT2D eigenvalue weighted by Gasteiger charge is 2.51. The van der Waals surface area contributed by atoms with Gasteiger partial charge in [-0.05, 0) is 45.0 Å². The summed E-state index contributed by atoms with van der Waals surface area (Å²) >= 11 is 0. The van der Waals surface area contributed by atoms with Gasteiger partial charge >= 0.3 is 0 Å². The van der Waals surface area contributed by atoms with E-state index < -0.39 is 17.4 Å². The van der Waals surface area contributed by atoms with Gasteiger partial charge in [0, 0.05) is 12.7 Å². The second kappa shape index (κ2) is 7.03. The Morgan fingerprint density at radius 2 is 2.04 bits per heavy atom. The molecular formula is C19H21N3O4. The third-order valence-electron chi connectivity index (χ3n) is 4.16. The maximum Gasteiger partial charge on any atom is 0.282 e. The van der Waals surface area contributed by atoms with E-state index in [1.807, 2.05) is 19.9 Å². The van der Waals surface area contributed by atoms with Crippen molar-refractivity contribution in [2.24, 2.45) is 0 Å². The van der Waals surface area contributed by atoms with Crippen LogP contribution in [0.3, 0.4) is 0 Å². The number of hydrogen-bond acceptors (Lipinski definition) is 5. The van der Waals surface area contributed by atoms with Gasteiger partial charge in [-0.1, -0.05) is 12.1 Å². The van der Waals surface area contributed by atoms with Gasteiger partial charge in [0.05, 0.1) is 12.3 Å². The molecule has 0 radical (unpaired) electrons. The Morgan fingerprint density at radius 3 is 2.77 bits per heavy atom. The van der Waals surface area contributed by atoms with Crippen LogP contribution in [0, 0.1) is 0 Å². The van der Waals surface area contributed by atoms with Crippen LogP contribution in [-0.2, 0) is 9.59 Å². The Hall–Kier alpha value is -3.09. The molecule has 2 amide bonds. The van der Waals surface area contributed by atoms with E-state index in [2.05, 4.69) is 10.3 Å². The fraction of sp³-hybridized carbons (Fsp3) is 0.316. The molecule has 0 saturated carbocycles. The minimum absolute atomic E-state index is 0.380. The summed E-state index contributed by atoms with van der Waals surface area (Å²) in [5.74, 6) is 0.314. The second-order valence-corrected chi connectivity index (χ2v) is 5.89. The summed E-state index contributed by atoms with van der Waals surface area (Å²) in [4.78, 5) is 31.6. The van der Waals surface area contributed by atoms with Gasteiger partial charge in [0.1, 0.15) is 5.75 Å². The lowest BCUT2D eigenvalue weighted by molar-refractivity contribution is -0.145. The number of para-hydroxylation sites is 2. The number of fused-ring (bicyclic) bond motifs is 1. The summed E-state index contributed by atoms with van der Waals surface area (Å²) in [5.41, 5.74) is -1.22. The number of nitrogens with one attached hydrogen (secondary N) is 1. The third kappa shape index (κ3) is 2.96. The molecule has 136 valence electrons. The van der Waals surface area contributed by atoms with Crippen molar-refractivity contribution in [2.45, 2.75) is 26.4 Å². The van der Waals surface area contributed by atoms with Crippen molar-refractivity contribution in [1.29, 1.82) is 0 Å². The Kier molecular flexibility index (Phi) is 4.79. The SMILES string of the molecule is CCOc1ccccc1NC(=O)[C@]1(C)Oc2cccnc2N(CC)C1=O. The van der Waals surface area contributed by atoms with Gasteiger partial charge in [-0.25, -0.2) is 4.98 Å². The topological polar surface area (TPSA) is 80.8 Å². The number of hydrogen-bond donors (Lipinski definition) is 1. The smallest absolute Gasteiger partial charge is 0.282 e. The first-order valence-electron chi connectivity index (χ1n) is 8.50. The van der Waals surface area contributed by atoms with Crippen molar-refractivity contribution >= 4 is 23.3 Å². The first-order valence-corrected chi connectivity index (χ1v) is 8.50. The zero-order valence-electron chi connectivity index (χ0n) is 15.0. The van der Waals surface area contributed by atoms with Crippen molar-refractivity contribution in [3.05, 3.63) is 42.6 Å². The number of benzene rings is 1. The largest absolute Gasteiger partial charge is 0.492 e. The van der Waals surface area contributed by atoms with Crippen molar-refractivity contribution in [3.63, 3.8) is 0 Å². The molecule has 0 unspecified atom stereocenters. The lowest BCUT2D eigenvalue weighted by atomic mass is 10.0. The van der Waals surface area contributed by atoms with Gasteiger partial charge in [-0.3, -0.25) is 14.5 Å². The zero-order chi connectivity index (χ0) is 18.7. The van der Waals surface area contributed by atoms with E-state index in [-0.39, 0.29) is 0 Å². The molecule has 0 fully saturated rings. The summed E-state index contributed by atoms with van der Waals surface area (Å²) in [7, 11) is 0. The molecule has 1 atom stereocenters. The number of nitrogens with zero attached hydrogens (tertiary/aromatic N) is 2. The molecule has 26 heavy (non-hydrogen) atoms. The Balaban J connectivity index is 1.93. The minimum atomic E-state index is -1.70. The van der Waals surface area contributed by atoms with E-state index in [1.165, 1.54) is 11.8 Å². The Morgan fingerprint density at radius 1 is 1.27 bits per heavy atom. The number of amides is 2. The Bertz CT molecular complexity index is 839. The number of pyridine rings is 1. The molecule has 1 aliphatic rings. The van der Waals surface area contributed by atoms with Crippen molar-refractivity contribution < 1.29 is 19.1 Å². The van der Waals surface area contributed by atoms with Gasteiger partial charge in [-0.2, -0.15) is 0 Å². The lowest BCUT2D eigenvalue weighted by Gasteiger charge is -2.38. The van der Waals surface area contributed by atoms with E-state index in [4.69, 9.17) is 9.47 Å².